The molecular weight excluding hydrogens is 296 g/mol. The van der Waals surface area contributed by atoms with Crippen molar-refractivity contribution in [2.24, 2.45) is 0 Å². The van der Waals surface area contributed by atoms with Crippen LogP contribution in [-0.4, -0.2) is 26.0 Å². The van der Waals surface area contributed by atoms with Gasteiger partial charge >= 0.3 is 0 Å². The Morgan fingerprint density at radius 3 is 2.82 bits per heavy atom. The highest BCUT2D eigenvalue weighted by Gasteiger charge is 2.10. The molecule has 0 saturated carbocycles. The number of hydrogen-bond acceptors (Lipinski definition) is 2. The molecule has 1 amide bonds. The number of amides is 1. The van der Waals surface area contributed by atoms with Crippen molar-refractivity contribution in [1.82, 2.24) is 5.32 Å². The Morgan fingerprint density at radius 1 is 1.53 bits per heavy atom. The van der Waals surface area contributed by atoms with Crippen molar-refractivity contribution in [3.63, 3.8) is 0 Å². The summed E-state index contributed by atoms with van der Waals surface area (Å²) in [7, 11) is 1.52. The van der Waals surface area contributed by atoms with E-state index in [4.69, 9.17) is 4.74 Å². The largest absolute Gasteiger partial charge is 0.497 e. The molecule has 94 valence electrons. The van der Waals surface area contributed by atoms with Gasteiger partial charge in [-0.05, 0) is 23.8 Å². The van der Waals surface area contributed by atoms with Gasteiger partial charge in [0.2, 0.25) is 5.91 Å². The number of carbonyl (C=O) groups is 1. The smallest absolute Gasteiger partial charge is 0.255 e. The number of benzene rings is 1. The first-order chi connectivity index (χ1) is 8.02. The molecule has 0 bridgehead atoms. The third-order valence-corrected chi connectivity index (χ3v) is 2.83. The quantitative estimate of drug-likeness (QED) is 0.907. The van der Waals surface area contributed by atoms with E-state index < -0.39 is 18.9 Å². The maximum Gasteiger partial charge on any atom is 0.255 e. The monoisotopic (exact) mass is 307 g/mol. The van der Waals surface area contributed by atoms with Crippen LogP contribution >= 0.6 is 15.9 Å². The molecule has 0 unspecified atom stereocenters. The van der Waals surface area contributed by atoms with Crippen molar-refractivity contribution >= 4 is 21.8 Å². The maximum absolute atomic E-state index is 11.9. The van der Waals surface area contributed by atoms with Crippen LogP contribution in [0.2, 0.25) is 0 Å². The fraction of sp³-hybridized carbons (Fsp3) is 0.364. The normalized spacial score (nSPS) is 10.4. The van der Waals surface area contributed by atoms with Crippen molar-refractivity contribution in [3.8, 4) is 5.75 Å². The Hall–Kier alpha value is -1.17. The molecule has 0 atom stereocenters. The summed E-state index contributed by atoms with van der Waals surface area (Å²) in [4.78, 5) is 11.4. The van der Waals surface area contributed by atoms with Crippen LogP contribution in [0.1, 0.15) is 5.56 Å². The van der Waals surface area contributed by atoms with Crippen molar-refractivity contribution in [2.45, 2.75) is 12.8 Å². The van der Waals surface area contributed by atoms with Gasteiger partial charge in [-0.25, -0.2) is 8.78 Å². The zero-order chi connectivity index (χ0) is 12.8. The first-order valence-electron chi connectivity index (χ1n) is 4.90. The molecule has 1 rings (SSSR count). The minimum atomic E-state index is -2.53. The standard InChI is InChI=1S/C11H12BrF2NO2/c1-17-8-2-3-9(12)7(4-8)5-11(16)15-6-10(13)14/h2-4,10H,5-6H2,1H3,(H,15,16). The lowest BCUT2D eigenvalue weighted by Gasteiger charge is -2.08. The zero-order valence-corrected chi connectivity index (χ0v) is 10.8. The van der Waals surface area contributed by atoms with Crippen LogP contribution in [0.5, 0.6) is 5.75 Å². The third kappa shape index (κ3) is 4.68. The molecule has 0 heterocycles. The second-order valence-corrected chi connectivity index (χ2v) is 4.18. The summed E-state index contributed by atoms with van der Waals surface area (Å²) in [5.74, 6) is 0.170. The number of ether oxygens (including phenoxy) is 1. The molecule has 1 N–H and O–H groups in total. The summed E-state index contributed by atoms with van der Waals surface area (Å²) in [5.41, 5.74) is 0.691. The molecule has 0 aliphatic rings. The summed E-state index contributed by atoms with van der Waals surface area (Å²) in [6.07, 6.45) is -2.50. The van der Waals surface area contributed by atoms with E-state index in [1.165, 1.54) is 7.11 Å². The number of halogens is 3. The molecule has 1 aromatic carbocycles. The second kappa shape index (κ2) is 6.54. The van der Waals surface area contributed by atoms with Crippen LogP contribution in [0.15, 0.2) is 22.7 Å². The number of methoxy groups -OCH3 is 1. The van der Waals surface area contributed by atoms with Crippen LogP contribution in [0.25, 0.3) is 0 Å². The SMILES string of the molecule is COc1ccc(Br)c(CC(=O)NCC(F)F)c1. The van der Waals surface area contributed by atoms with Gasteiger partial charge in [0, 0.05) is 4.47 Å². The number of hydrogen-bond donors (Lipinski definition) is 1. The van der Waals surface area contributed by atoms with Crippen LogP contribution in [0, 0.1) is 0 Å². The van der Waals surface area contributed by atoms with Crippen molar-refractivity contribution < 1.29 is 18.3 Å². The fourth-order valence-electron chi connectivity index (χ4n) is 1.24. The van der Waals surface area contributed by atoms with Gasteiger partial charge in [0.1, 0.15) is 5.75 Å². The van der Waals surface area contributed by atoms with Crippen molar-refractivity contribution in [3.05, 3.63) is 28.2 Å². The molecule has 0 spiro atoms. The lowest BCUT2D eigenvalue weighted by Crippen LogP contribution is -2.29. The van der Waals surface area contributed by atoms with Crippen LogP contribution < -0.4 is 10.1 Å². The molecular formula is C11H12BrF2NO2. The minimum Gasteiger partial charge on any atom is -0.497 e. The van der Waals surface area contributed by atoms with E-state index in [0.717, 1.165) is 4.47 Å². The molecule has 1 aromatic rings. The van der Waals surface area contributed by atoms with E-state index >= 15 is 0 Å². The number of nitrogens with one attached hydrogen (secondary N) is 1. The Bertz CT molecular complexity index is 399. The van der Waals surface area contributed by atoms with Crippen molar-refractivity contribution in [1.29, 1.82) is 0 Å². The summed E-state index contributed by atoms with van der Waals surface area (Å²) >= 11 is 3.28. The van der Waals surface area contributed by atoms with Gasteiger partial charge in [0.25, 0.3) is 6.43 Å². The van der Waals surface area contributed by atoms with Crippen LogP contribution in [0.3, 0.4) is 0 Å². The molecule has 0 radical (unpaired) electrons. The van der Waals surface area contributed by atoms with Gasteiger partial charge in [0.05, 0.1) is 20.1 Å². The second-order valence-electron chi connectivity index (χ2n) is 3.33. The van der Waals surface area contributed by atoms with Gasteiger partial charge in [0.15, 0.2) is 0 Å². The number of carbonyl (C=O) groups excluding carboxylic acids is 1. The molecule has 0 aromatic heterocycles. The predicted octanol–water partition coefficient (Wildman–Crippen LogP) is 2.38. The molecule has 0 fully saturated rings. The Balaban J connectivity index is 2.64. The van der Waals surface area contributed by atoms with E-state index in [9.17, 15) is 13.6 Å². The van der Waals surface area contributed by atoms with E-state index in [2.05, 4.69) is 21.2 Å². The zero-order valence-electron chi connectivity index (χ0n) is 9.17. The van der Waals surface area contributed by atoms with E-state index in [1.54, 1.807) is 18.2 Å². The highest BCUT2D eigenvalue weighted by atomic mass is 79.9. The summed E-state index contributed by atoms with van der Waals surface area (Å²) in [6, 6.07) is 5.17. The summed E-state index contributed by atoms with van der Waals surface area (Å²) < 4.78 is 29.5. The minimum absolute atomic E-state index is 0.0322. The van der Waals surface area contributed by atoms with E-state index in [1.807, 2.05) is 0 Å². The molecule has 17 heavy (non-hydrogen) atoms. The van der Waals surface area contributed by atoms with Gasteiger partial charge in [-0.1, -0.05) is 15.9 Å². The van der Waals surface area contributed by atoms with Gasteiger partial charge < -0.3 is 10.1 Å². The van der Waals surface area contributed by atoms with Crippen molar-refractivity contribution in [2.75, 3.05) is 13.7 Å². The van der Waals surface area contributed by atoms with E-state index in [-0.39, 0.29) is 6.42 Å². The third-order valence-electron chi connectivity index (χ3n) is 2.06. The topological polar surface area (TPSA) is 38.3 Å². The highest BCUT2D eigenvalue weighted by Crippen LogP contribution is 2.22. The average Bonchev–Trinajstić information content (AvgIpc) is 2.29. The fourth-order valence-corrected chi connectivity index (χ4v) is 1.63. The molecule has 6 heteroatoms. The molecule has 0 aliphatic heterocycles. The van der Waals surface area contributed by atoms with Crippen LogP contribution in [-0.2, 0) is 11.2 Å². The summed E-state index contributed by atoms with van der Waals surface area (Å²) in [6.45, 7) is -0.625. The van der Waals surface area contributed by atoms with Gasteiger partial charge in [-0.15, -0.1) is 0 Å². The Labute approximate surface area is 106 Å². The van der Waals surface area contributed by atoms with Crippen LogP contribution in [0.4, 0.5) is 8.78 Å². The summed E-state index contributed by atoms with van der Waals surface area (Å²) in [5, 5.41) is 2.14. The molecule has 0 saturated heterocycles. The molecule has 3 nitrogen and oxygen atoms in total. The van der Waals surface area contributed by atoms with E-state index in [0.29, 0.717) is 11.3 Å². The van der Waals surface area contributed by atoms with Gasteiger partial charge in [-0.3, -0.25) is 4.79 Å². The lowest BCUT2D eigenvalue weighted by atomic mass is 10.1. The number of alkyl halides is 2. The van der Waals surface area contributed by atoms with Gasteiger partial charge in [-0.2, -0.15) is 0 Å². The Kier molecular flexibility index (Phi) is 5.34. The number of rotatable bonds is 5. The predicted molar refractivity (Wildman–Crippen MR) is 63.4 cm³/mol. The first-order valence-corrected chi connectivity index (χ1v) is 5.69. The Morgan fingerprint density at radius 2 is 2.24 bits per heavy atom. The lowest BCUT2D eigenvalue weighted by molar-refractivity contribution is -0.121. The first kappa shape index (κ1) is 13.9. The highest BCUT2D eigenvalue weighted by molar-refractivity contribution is 9.10. The average molecular weight is 308 g/mol. The maximum atomic E-state index is 11.9. The molecule has 0 aliphatic carbocycles.